The zero-order valence-electron chi connectivity index (χ0n) is 23.5. The van der Waals surface area contributed by atoms with Crippen molar-refractivity contribution in [3.63, 3.8) is 0 Å². The first-order chi connectivity index (χ1) is 18.9. The standard InChI is InChI=1S/C27H43N9OS2/c1-27(2)9-6-20(7-10-27)23(35-15-13-34(14-16-35)17-18-38-3)24(37)30-26-33-32-25(39-26)29-21-8-12-36(19-21)22-5-4-11-28-31-22/h4-5,11,20-21,23H,6-10,12-19H2,1-3H3,(H,29,32)(H,30,33,37)/t21-,23?/m1/s1. The Kier molecular flexibility index (Phi) is 9.57. The van der Waals surface area contributed by atoms with Gasteiger partial charge in [0.2, 0.25) is 16.2 Å². The first-order valence-corrected chi connectivity index (χ1v) is 16.5. The van der Waals surface area contributed by atoms with Gasteiger partial charge in [-0.25, -0.2) is 0 Å². The second-order valence-corrected chi connectivity index (χ2v) is 13.8. The molecule has 0 bridgehead atoms. The summed E-state index contributed by atoms with van der Waals surface area (Å²) >= 11 is 3.32. The number of anilines is 3. The molecule has 1 amide bonds. The Morgan fingerprint density at radius 2 is 1.87 bits per heavy atom. The fraction of sp³-hybridized carbons (Fsp3) is 0.741. The Balaban J connectivity index is 1.19. The Bertz CT molecular complexity index is 1050. The molecule has 1 aliphatic carbocycles. The molecule has 2 aliphatic heterocycles. The Hall–Kier alpha value is -2.02. The molecule has 2 aromatic rings. The zero-order chi connectivity index (χ0) is 27.2. The van der Waals surface area contributed by atoms with E-state index in [0.717, 1.165) is 81.8 Å². The lowest BCUT2D eigenvalue weighted by atomic mass is 9.70. The van der Waals surface area contributed by atoms with Gasteiger partial charge in [-0.2, -0.15) is 16.9 Å². The maximum absolute atomic E-state index is 13.8. The highest BCUT2D eigenvalue weighted by atomic mass is 32.2. The normalized spacial score (nSPS) is 23.6. The second kappa shape index (κ2) is 13.1. The van der Waals surface area contributed by atoms with Gasteiger partial charge in [0, 0.05) is 63.8 Å². The number of carbonyl (C=O) groups is 1. The van der Waals surface area contributed by atoms with Crippen LogP contribution in [0.3, 0.4) is 0 Å². The third-order valence-electron chi connectivity index (χ3n) is 8.56. The van der Waals surface area contributed by atoms with Crippen molar-refractivity contribution >= 4 is 45.1 Å². The van der Waals surface area contributed by atoms with Crippen LogP contribution in [0.25, 0.3) is 0 Å². The molecule has 1 unspecified atom stereocenters. The quantitative estimate of drug-likeness (QED) is 0.439. The minimum absolute atomic E-state index is 0.0784. The van der Waals surface area contributed by atoms with Crippen LogP contribution in [0.2, 0.25) is 0 Å². The summed E-state index contributed by atoms with van der Waals surface area (Å²) in [5.74, 6) is 2.52. The summed E-state index contributed by atoms with van der Waals surface area (Å²) in [7, 11) is 0. The molecule has 12 heteroatoms. The van der Waals surface area contributed by atoms with Crippen LogP contribution in [0.15, 0.2) is 18.3 Å². The lowest BCUT2D eigenvalue weighted by Gasteiger charge is -2.44. The van der Waals surface area contributed by atoms with Gasteiger partial charge >= 0.3 is 0 Å². The van der Waals surface area contributed by atoms with Crippen LogP contribution >= 0.6 is 23.1 Å². The number of piperazine rings is 1. The van der Waals surface area contributed by atoms with Gasteiger partial charge in [-0.15, -0.1) is 15.3 Å². The molecular formula is C27H43N9OS2. The number of amides is 1. The van der Waals surface area contributed by atoms with Crippen molar-refractivity contribution in [1.29, 1.82) is 0 Å². The van der Waals surface area contributed by atoms with E-state index >= 15 is 0 Å². The smallest absolute Gasteiger partial charge is 0.243 e. The first-order valence-electron chi connectivity index (χ1n) is 14.3. The van der Waals surface area contributed by atoms with Gasteiger partial charge < -0.3 is 10.2 Å². The Morgan fingerprint density at radius 3 is 2.59 bits per heavy atom. The molecule has 2 N–H and O–H groups in total. The predicted octanol–water partition coefficient (Wildman–Crippen LogP) is 3.52. The summed E-state index contributed by atoms with van der Waals surface area (Å²) in [4.78, 5) is 21.0. The monoisotopic (exact) mass is 573 g/mol. The van der Waals surface area contributed by atoms with Crippen LogP contribution in [0, 0.1) is 11.3 Å². The van der Waals surface area contributed by atoms with Crippen LogP contribution < -0.4 is 15.5 Å². The molecule has 214 valence electrons. The average molecular weight is 574 g/mol. The average Bonchev–Trinajstić information content (AvgIpc) is 3.59. The topological polar surface area (TPSA) is 102 Å². The SMILES string of the molecule is CSCCN1CCN(C(C(=O)Nc2nnc(N[C@@H]3CCN(c4cccnn4)C3)s2)C2CCC(C)(C)CC2)CC1. The second-order valence-electron chi connectivity index (χ2n) is 11.9. The van der Waals surface area contributed by atoms with Crippen molar-refractivity contribution in [2.24, 2.45) is 11.3 Å². The molecule has 39 heavy (non-hydrogen) atoms. The van der Waals surface area contributed by atoms with E-state index < -0.39 is 0 Å². The van der Waals surface area contributed by atoms with E-state index in [4.69, 9.17) is 0 Å². The van der Waals surface area contributed by atoms with E-state index in [-0.39, 0.29) is 18.0 Å². The molecule has 2 aromatic heterocycles. The van der Waals surface area contributed by atoms with Crippen molar-refractivity contribution < 1.29 is 4.79 Å². The van der Waals surface area contributed by atoms with Crippen LogP contribution in [-0.2, 0) is 4.79 Å². The summed E-state index contributed by atoms with van der Waals surface area (Å²) in [6.07, 6.45) is 9.40. The molecule has 5 rings (SSSR count). The minimum atomic E-state index is -0.112. The fourth-order valence-corrected chi connectivity index (χ4v) is 7.30. The molecule has 1 saturated carbocycles. The zero-order valence-corrected chi connectivity index (χ0v) is 25.1. The fourth-order valence-electron chi connectivity index (χ4n) is 6.14. The highest BCUT2D eigenvalue weighted by molar-refractivity contribution is 7.98. The van der Waals surface area contributed by atoms with Crippen LogP contribution in [-0.4, -0.2) is 106 Å². The number of nitrogens with one attached hydrogen (secondary N) is 2. The summed E-state index contributed by atoms with van der Waals surface area (Å²) in [5.41, 5.74) is 0.372. The van der Waals surface area contributed by atoms with Gasteiger partial charge in [-0.3, -0.25) is 19.9 Å². The summed E-state index contributed by atoms with van der Waals surface area (Å²) in [6, 6.07) is 4.04. The molecular weight excluding hydrogens is 530 g/mol. The highest BCUT2D eigenvalue weighted by Crippen LogP contribution is 2.40. The number of carbonyl (C=O) groups excluding carboxylic acids is 1. The minimum Gasteiger partial charge on any atom is -0.355 e. The molecule has 4 heterocycles. The molecule has 10 nitrogen and oxygen atoms in total. The van der Waals surface area contributed by atoms with E-state index in [2.05, 4.69) is 65.8 Å². The molecule has 3 aliphatic rings. The van der Waals surface area contributed by atoms with Crippen LogP contribution in [0.5, 0.6) is 0 Å². The lowest BCUT2D eigenvalue weighted by molar-refractivity contribution is -0.125. The van der Waals surface area contributed by atoms with E-state index in [1.807, 2.05) is 23.9 Å². The predicted molar refractivity (Wildman–Crippen MR) is 161 cm³/mol. The van der Waals surface area contributed by atoms with E-state index in [9.17, 15) is 4.79 Å². The van der Waals surface area contributed by atoms with Crippen molar-refractivity contribution in [3.05, 3.63) is 18.3 Å². The number of nitrogens with zero attached hydrogens (tertiary/aromatic N) is 7. The van der Waals surface area contributed by atoms with E-state index in [1.165, 1.54) is 24.2 Å². The lowest BCUT2D eigenvalue weighted by Crippen LogP contribution is -2.57. The highest BCUT2D eigenvalue weighted by Gasteiger charge is 2.39. The molecule has 0 aromatic carbocycles. The van der Waals surface area contributed by atoms with E-state index in [0.29, 0.717) is 16.5 Å². The van der Waals surface area contributed by atoms with Gasteiger partial charge in [-0.1, -0.05) is 25.2 Å². The summed E-state index contributed by atoms with van der Waals surface area (Å²) < 4.78 is 0. The maximum atomic E-state index is 13.8. The summed E-state index contributed by atoms with van der Waals surface area (Å²) in [5, 5.41) is 24.9. The Morgan fingerprint density at radius 1 is 1.10 bits per heavy atom. The first kappa shape index (κ1) is 28.5. The third-order valence-corrected chi connectivity index (χ3v) is 9.92. The number of hydrogen-bond acceptors (Lipinski definition) is 11. The molecule has 0 radical (unpaired) electrons. The molecule has 2 saturated heterocycles. The molecule has 0 spiro atoms. The number of thioether (sulfide) groups is 1. The van der Waals surface area contributed by atoms with Gasteiger partial charge in [0.15, 0.2) is 5.82 Å². The Labute approximate surface area is 240 Å². The van der Waals surface area contributed by atoms with Crippen LogP contribution in [0.1, 0.15) is 46.0 Å². The van der Waals surface area contributed by atoms with Crippen molar-refractivity contribution in [1.82, 2.24) is 30.2 Å². The summed E-state index contributed by atoms with van der Waals surface area (Å²) in [6.45, 7) is 11.5. The van der Waals surface area contributed by atoms with Gasteiger partial charge in [0.25, 0.3) is 0 Å². The largest absolute Gasteiger partial charge is 0.355 e. The van der Waals surface area contributed by atoms with Gasteiger partial charge in [0.1, 0.15) is 0 Å². The van der Waals surface area contributed by atoms with Crippen molar-refractivity contribution in [2.45, 2.75) is 58.0 Å². The third kappa shape index (κ3) is 7.59. The maximum Gasteiger partial charge on any atom is 0.243 e. The van der Waals surface area contributed by atoms with E-state index in [1.54, 1.807) is 6.20 Å². The molecule has 3 fully saturated rings. The number of rotatable bonds is 10. The number of hydrogen-bond donors (Lipinski definition) is 2. The van der Waals surface area contributed by atoms with Gasteiger partial charge in [0.05, 0.1) is 6.04 Å². The van der Waals surface area contributed by atoms with Crippen LogP contribution in [0.4, 0.5) is 16.1 Å². The van der Waals surface area contributed by atoms with Gasteiger partial charge in [-0.05, 0) is 61.8 Å². The van der Waals surface area contributed by atoms with Crippen molar-refractivity contribution in [3.8, 4) is 0 Å². The molecule has 2 atom stereocenters. The number of aromatic nitrogens is 4. The van der Waals surface area contributed by atoms with Crippen molar-refractivity contribution in [2.75, 3.05) is 73.4 Å².